The van der Waals surface area contributed by atoms with Crippen molar-refractivity contribution in [2.75, 3.05) is 18.8 Å². The Hall–Kier alpha value is -1.62. The Morgan fingerprint density at radius 2 is 2.12 bits per heavy atom. The summed E-state index contributed by atoms with van der Waals surface area (Å²) in [6.45, 7) is 2.10. The number of piperidine rings is 1. The summed E-state index contributed by atoms with van der Waals surface area (Å²) in [6.07, 6.45) is 2.22. The zero-order valence-corrected chi connectivity index (χ0v) is 9.06. The van der Waals surface area contributed by atoms with Gasteiger partial charge in [0.2, 0.25) is 0 Å². The maximum absolute atomic E-state index is 5.85. The van der Waals surface area contributed by atoms with Crippen LogP contribution in [0.15, 0.2) is 18.2 Å². The first-order valence-electron chi connectivity index (χ1n) is 5.66. The average Bonchev–Trinajstić information content (AvgIpc) is 2.76. The van der Waals surface area contributed by atoms with Crippen LogP contribution < -0.4 is 11.1 Å². The van der Waals surface area contributed by atoms with Gasteiger partial charge in [-0.15, -0.1) is 5.10 Å². The molecular weight excluding hydrogens is 202 g/mol. The molecule has 3 heterocycles. The van der Waals surface area contributed by atoms with E-state index in [1.54, 1.807) is 4.52 Å². The third-order valence-corrected chi connectivity index (χ3v) is 3.11. The second-order valence-electron chi connectivity index (χ2n) is 4.21. The molecule has 16 heavy (non-hydrogen) atoms. The number of fused-ring (bicyclic) bond motifs is 1. The van der Waals surface area contributed by atoms with Crippen LogP contribution in [0.4, 0.5) is 5.82 Å². The molecule has 0 spiro atoms. The average molecular weight is 217 g/mol. The number of hydrogen-bond donors (Lipinski definition) is 2. The lowest BCUT2D eigenvalue weighted by Crippen LogP contribution is -2.27. The maximum Gasteiger partial charge on any atom is 0.157 e. The van der Waals surface area contributed by atoms with E-state index in [1.807, 2.05) is 18.2 Å². The molecule has 0 radical (unpaired) electrons. The number of rotatable bonds is 1. The van der Waals surface area contributed by atoms with Gasteiger partial charge in [-0.1, -0.05) is 6.07 Å². The van der Waals surface area contributed by atoms with Gasteiger partial charge >= 0.3 is 0 Å². The second kappa shape index (κ2) is 3.75. The highest BCUT2D eigenvalue weighted by atomic mass is 15.3. The molecule has 1 aliphatic heterocycles. The van der Waals surface area contributed by atoms with Crippen LogP contribution >= 0.6 is 0 Å². The molecular formula is C11H15N5. The van der Waals surface area contributed by atoms with Crippen molar-refractivity contribution in [2.45, 2.75) is 18.8 Å². The van der Waals surface area contributed by atoms with Gasteiger partial charge in [-0.25, -0.2) is 4.98 Å². The molecule has 1 aliphatic rings. The Morgan fingerprint density at radius 1 is 1.31 bits per heavy atom. The molecule has 0 bridgehead atoms. The predicted molar refractivity (Wildman–Crippen MR) is 62.2 cm³/mol. The van der Waals surface area contributed by atoms with Crippen molar-refractivity contribution in [3.05, 3.63) is 24.0 Å². The molecule has 1 saturated heterocycles. The fourth-order valence-corrected chi connectivity index (χ4v) is 2.20. The number of aromatic nitrogens is 3. The van der Waals surface area contributed by atoms with E-state index < -0.39 is 0 Å². The molecule has 0 atom stereocenters. The van der Waals surface area contributed by atoms with Gasteiger partial charge in [0, 0.05) is 5.92 Å². The molecule has 3 rings (SSSR count). The molecule has 1 fully saturated rings. The van der Waals surface area contributed by atoms with Crippen molar-refractivity contribution in [3.8, 4) is 0 Å². The van der Waals surface area contributed by atoms with Crippen molar-refractivity contribution >= 4 is 11.5 Å². The summed E-state index contributed by atoms with van der Waals surface area (Å²) in [5, 5.41) is 7.83. The summed E-state index contributed by atoms with van der Waals surface area (Å²) in [5.41, 5.74) is 6.69. The Bertz CT molecular complexity index is 498. The van der Waals surface area contributed by atoms with E-state index in [1.165, 1.54) is 0 Å². The Morgan fingerprint density at radius 3 is 2.88 bits per heavy atom. The monoisotopic (exact) mass is 217 g/mol. The number of hydrogen-bond acceptors (Lipinski definition) is 4. The van der Waals surface area contributed by atoms with Gasteiger partial charge in [-0.05, 0) is 38.1 Å². The number of nitrogens with one attached hydrogen (secondary N) is 1. The van der Waals surface area contributed by atoms with E-state index in [4.69, 9.17) is 5.73 Å². The zero-order chi connectivity index (χ0) is 11.0. The van der Waals surface area contributed by atoms with Crippen LogP contribution in [-0.2, 0) is 0 Å². The predicted octanol–water partition coefficient (Wildman–Crippen LogP) is 0.778. The molecule has 0 aliphatic carbocycles. The van der Waals surface area contributed by atoms with Gasteiger partial charge in [0.05, 0.1) is 0 Å². The van der Waals surface area contributed by atoms with Gasteiger partial charge in [-0.3, -0.25) is 0 Å². The first-order valence-corrected chi connectivity index (χ1v) is 5.66. The van der Waals surface area contributed by atoms with Crippen LogP contribution in [0.25, 0.3) is 5.65 Å². The molecule has 5 nitrogen and oxygen atoms in total. The van der Waals surface area contributed by atoms with Gasteiger partial charge in [-0.2, -0.15) is 4.52 Å². The normalized spacial score (nSPS) is 18.0. The Balaban J connectivity index is 2.01. The largest absolute Gasteiger partial charge is 0.384 e. The number of nitrogens with zero attached hydrogens (tertiary/aromatic N) is 3. The minimum absolute atomic E-state index is 0.473. The van der Waals surface area contributed by atoms with Crippen LogP contribution in [-0.4, -0.2) is 27.7 Å². The number of anilines is 1. The summed E-state index contributed by atoms with van der Waals surface area (Å²) in [6, 6.07) is 5.69. The van der Waals surface area contributed by atoms with Crippen LogP contribution in [0.1, 0.15) is 24.6 Å². The van der Waals surface area contributed by atoms with E-state index >= 15 is 0 Å². The number of nitrogen functional groups attached to an aromatic ring is 1. The van der Waals surface area contributed by atoms with Crippen molar-refractivity contribution in [1.82, 2.24) is 19.9 Å². The second-order valence-corrected chi connectivity index (χ2v) is 4.21. The first-order chi connectivity index (χ1) is 7.84. The third kappa shape index (κ3) is 1.53. The quantitative estimate of drug-likeness (QED) is 0.740. The van der Waals surface area contributed by atoms with Crippen molar-refractivity contribution in [3.63, 3.8) is 0 Å². The van der Waals surface area contributed by atoms with Gasteiger partial charge < -0.3 is 11.1 Å². The SMILES string of the molecule is Nc1cccc2nc(C3CCNCC3)nn12. The molecule has 84 valence electrons. The third-order valence-electron chi connectivity index (χ3n) is 3.11. The number of nitrogens with two attached hydrogens (primary N) is 1. The van der Waals surface area contributed by atoms with E-state index in [9.17, 15) is 0 Å². The molecule has 0 unspecified atom stereocenters. The first kappa shape index (κ1) is 9.59. The number of pyridine rings is 1. The molecule has 5 heteroatoms. The van der Waals surface area contributed by atoms with Crippen LogP contribution in [0.2, 0.25) is 0 Å². The Labute approximate surface area is 93.7 Å². The Kier molecular flexibility index (Phi) is 2.25. The molecule has 0 saturated carbocycles. The van der Waals surface area contributed by atoms with Crippen molar-refractivity contribution in [2.24, 2.45) is 0 Å². The molecule has 3 N–H and O–H groups in total. The summed E-state index contributed by atoms with van der Waals surface area (Å²) in [4.78, 5) is 4.54. The van der Waals surface area contributed by atoms with E-state index in [-0.39, 0.29) is 0 Å². The molecule has 0 amide bonds. The highest BCUT2D eigenvalue weighted by Gasteiger charge is 2.19. The molecule has 2 aromatic heterocycles. The fraction of sp³-hybridized carbons (Fsp3) is 0.455. The zero-order valence-electron chi connectivity index (χ0n) is 9.06. The van der Waals surface area contributed by atoms with Gasteiger partial charge in [0.25, 0.3) is 0 Å². The van der Waals surface area contributed by atoms with Crippen LogP contribution in [0, 0.1) is 0 Å². The molecule has 2 aromatic rings. The van der Waals surface area contributed by atoms with Crippen LogP contribution in [0.3, 0.4) is 0 Å². The van der Waals surface area contributed by atoms with Gasteiger partial charge in [0.1, 0.15) is 5.82 Å². The van der Waals surface area contributed by atoms with Crippen molar-refractivity contribution < 1.29 is 0 Å². The highest BCUT2D eigenvalue weighted by Crippen LogP contribution is 2.23. The topological polar surface area (TPSA) is 68.2 Å². The minimum atomic E-state index is 0.473. The van der Waals surface area contributed by atoms with Crippen molar-refractivity contribution in [1.29, 1.82) is 0 Å². The summed E-state index contributed by atoms with van der Waals surface area (Å²) in [5.74, 6) is 2.05. The lowest BCUT2D eigenvalue weighted by molar-refractivity contribution is 0.445. The van der Waals surface area contributed by atoms with E-state index in [2.05, 4.69) is 15.4 Å². The lowest BCUT2D eigenvalue weighted by Gasteiger charge is -2.19. The van der Waals surface area contributed by atoms with Crippen LogP contribution in [0.5, 0.6) is 0 Å². The highest BCUT2D eigenvalue weighted by molar-refractivity contribution is 5.46. The molecule has 0 aromatic carbocycles. The summed E-state index contributed by atoms with van der Waals surface area (Å²) >= 11 is 0. The minimum Gasteiger partial charge on any atom is -0.384 e. The summed E-state index contributed by atoms with van der Waals surface area (Å²) < 4.78 is 1.72. The van der Waals surface area contributed by atoms with E-state index in [0.717, 1.165) is 37.4 Å². The van der Waals surface area contributed by atoms with E-state index in [0.29, 0.717) is 11.7 Å². The standard InChI is InChI=1S/C11H15N5/c12-9-2-1-3-10-14-11(15-16(9)10)8-4-6-13-7-5-8/h1-3,8,13H,4-7,12H2. The lowest BCUT2D eigenvalue weighted by atomic mass is 9.98. The summed E-state index contributed by atoms with van der Waals surface area (Å²) in [7, 11) is 0. The van der Waals surface area contributed by atoms with Gasteiger partial charge in [0.15, 0.2) is 11.5 Å². The fourth-order valence-electron chi connectivity index (χ4n) is 2.20. The maximum atomic E-state index is 5.85. The smallest absolute Gasteiger partial charge is 0.157 e.